The lowest BCUT2D eigenvalue weighted by Gasteiger charge is -2.20. The Morgan fingerprint density at radius 2 is 1.61 bits per heavy atom. The summed E-state index contributed by atoms with van der Waals surface area (Å²) in [5, 5.41) is 3.23. The molecule has 1 amide bonds. The Kier molecular flexibility index (Phi) is 10.3. The van der Waals surface area contributed by atoms with Crippen molar-refractivity contribution in [3.63, 3.8) is 0 Å². The minimum atomic E-state index is -3.81. The number of unbranched alkanes of at least 4 members (excludes halogenated alkanes) is 1. The summed E-state index contributed by atoms with van der Waals surface area (Å²) in [4.78, 5) is 25.2. The molecule has 0 atom stereocenters. The van der Waals surface area contributed by atoms with Crippen LogP contribution in [0.2, 0.25) is 5.02 Å². The van der Waals surface area contributed by atoms with E-state index in [1.54, 1.807) is 42.5 Å². The highest BCUT2D eigenvalue weighted by Crippen LogP contribution is 2.26. The minimum absolute atomic E-state index is 0.0176. The summed E-state index contributed by atoms with van der Waals surface area (Å²) in [5.74, 6) is -0.325. The van der Waals surface area contributed by atoms with Crippen LogP contribution in [0.15, 0.2) is 71.6 Å². The molecule has 0 saturated carbocycles. The second kappa shape index (κ2) is 13.4. The molecule has 0 aliphatic heterocycles. The van der Waals surface area contributed by atoms with Crippen LogP contribution in [0.4, 0.5) is 5.69 Å². The Labute approximate surface area is 228 Å². The normalized spacial score (nSPS) is 11.3. The molecule has 0 spiro atoms. The topological polar surface area (TPSA) is 102 Å². The van der Waals surface area contributed by atoms with Gasteiger partial charge in [0.15, 0.2) is 0 Å². The first-order valence-corrected chi connectivity index (χ1v) is 14.0. The summed E-state index contributed by atoms with van der Waals surface area (Å²) in [5.41, 5.74) is 1.75. The maximum Gasteiger partial charge on any atom is 0.338 e. The molecule has 8 nitrogen and oxygen atoms in total. The molecule has 0 aliphatic rings. The highest BCUT2D eigenvalue weighted by Gasteiger charge is 2.23. The first-order chi connectivity index (χ1) is 18.1. The average Bonchev–Trinajstić information content (AvgIpc) is 2.90. The largest absolute Gasteiger partial charge is 0.494 e. The van der Waals surface area contributed by atoms with Crippen LogP contribution in [-0.2, 0) is 21.3 Å². The van der Waals surface area contributed by atoms with Crippen molar-refractivity contribution in [2.45, 2.75) is 38.1 Å². The number of carbonyl (C=O) groups is 2. The van der Waals surface area contributed by atoms with Gasteiger partial charge in [0.2, 0.25) is 10.0 Å². The average molecular weight is 559 g/mol. The third-order valence-corrected chi connectivity index (χ3v) is 7.72. The first-order valence-electron chi connectivity index (χ1n) is 12.2. The molecule has 3 aromatic rings. The molecular weight excluding hydrogens is 528 g/mol. The molecule has 0 unspecified atom stereocenters. The van der Waals surface area contributed by atoms with Gasteiger partial charge in [0.1, 0.15) is 5.75 Å². The number of anilines is 1. The van der Waals surface area contributed by atoms with Crippen molar-refractivity contribution in [2.24, 2.45) is 0 Å². The van der Waals surface area contributed by atoms with Gasteiger partial charge in [0, 0.05) is 35.4 Å². The number of carbonyl (C=O) groups excluding carboxylic acids is 2. The van der Waals surface area contributed by atoms with Crippen molar-refractivity contribution in [1.29, 1.82) is 0 Å². The van der Waals surface area contributed by atoms with Gasteiger partial charge >= 0.3 is 5.97 Å². The zero-order valence-corrected chi connectivity index (χ0v) is 23.1. The highest BCUT2D eigenvalue weighted by molar-refractivity contribution is 7.89. The van der Waals surface area contributed by atoms with Gasteiger partial charge in [-0.1, -0.05) is 24.9 Å². The van der Waals surface area contributed by atoms with E-state index in [-0.39, 0.29) is 11.4 Å². The summed E-state index contributed by atoms with van der Waals surface area (Å²) in [7, 11) is -2.35. The van der Waals surface area contributed by atoms with Crippen molar-refractivity contribution in [3.8, 4) is 5.75 Å². The molecule has 0 bridgehead atoms. The van der Waals surface area contributed by atoms with E-state index in [0.717, 1.165) is 12.8 Å². The molecule has 202 valence electrons. The van der Waals surface area contributed by atoms with Crippen molar-refractivity contribution >= 4 is 39.2 Å². The second-order valence-electron chi connectivity index (χ2n) is 8.49. The Bertz CT molecular complexity index is 1360. The third kappa shape index (κ3) is 7.56. The van der Waals surface area contributed by atoms with Crippen molar-refractivity contribution in [2.75, 3.05) is 25.6 Å². The highest BCUT2D eigenvalue weighted by atomic mass is 35.5. The number of hydrogen-bond donors (Lipinski definition) is 1. The van der Waals surface area contributed by atoms with E-state index in [1.807, 2.05) is 13.8 Å². The van der Waals surface area contributed by atoms with Crippen molar-refractivity contribution < 1.29 is 27.5 Å². The predicted octanol–water partition coefficient (Wildman–Crippen LogP) is 5.77. The van der Waals surface area contributed by atoms with E-state index >= 15 is 0 Å². The maximum atomic E-state index is 13.1. The summed E-state index contributed by atoms with van der Waals surface area (Å²) in [6.45, 7) is 4.56. The molecule has 1 N–H and O–H groups in total. The van der Waals surface area contributed by atoms with Crippen LogP contribution in [0, 0.1) is 0 Å². The molecule has 3 aromatic carbocycles. The van der Waals surface area contributed by atoms with Crippen LogP contribution in [0.25, 0.3) is 0 Å². The molecule has 0 radical (unpaired) electrons. The van der Waals surface area contributed by atoms with E-state index < -0.39 is 21.9 Å². The summed E-state index contributed by atoms with van der Waals surface area (Å²) in [6.07, 6.45) is 1.73. The Balaban J connectivity index is 1.75. The van der Waals surface area contributed by atoms with Gasteiger partial charge in [-0.2, -0.15) is 4.31 Å². The minimum Gasteiger partial charge on any atom is -0.494 e. The predicted molar refractivity (Wildman–Crippen MR) is 147 cm³/mol. The molecular formula is C28H31ClN2O6S. The maximum absolute atomic E-state index is 13.1. The number of rotatable bonds is 12. The van der Waals surface area contributed by atoms with Gasteiger partial charge in [0.25, 0.3) is 5.91 Å². The molecule has 0 fully saturated rings. The van der Waals surface area contributed by atoms with Gasteiger partial charge in [-0.25, -0.2) is 13.2 Å². The molecule has 0 aromatic heterocycles. The van der Waals surface area contributed by atoms with E-state index in [4.69, 9.17) is 21.1 Å². The monoisotopic (exact) mass is 558 g/mol. The SMILES string of the molecule is CCCCOC(=O)c1ccc(NC(=O)c2ccc(OCC)c(CN(C)S(=O)(=O)c3ccc(Cl)cc3)c2)cc1. The van der Waals surface area contributed by atoms with Gasteiger partial charge in [-0.05, 0) is 80.1 Å². The van der Waals surface area contributed by atoms with Crippen LogP contribution in [-0.4, -0.2) is 44.9 Å². The number of sulfonamides is 1. The lowest BCUT2D eigenvalue weighted by Crippen LogP contribution is -2.27. The number of nitrogens with one attached hydrogen (secondary N) is 1. The van der Waals surface area contributed by atoms with E-state index in [9.17, 15) is 18.0 Å². The Morgan fingerprint density at radius 3 is 2.24 bits per heavy atom. The Hall–Kier alpha value is -3.40. The molecule has 0 aliphatic carbocycles. The number of esters is 1. The zero-order valence-electron chi connectivity index (χ0n) is 21.6. The van der Waals surface area contributed by atoms with Crippen LogP contribution in [0.3, 0.4) is 0 Å². The fourth-order valence-electron chi connectivity index (χ4n) is 3.54. The third-order valence-electron chi connectivity index (χ3n) is 5.65. The number of nitrogens with zero attached hydrogens (tertiary/aromatic N) is 1. The van der Waals surface area contributed by atoms with Crippen molar-refractivity contribution in [1.82, 2.24) is 4.31 Å². The molecule has 38 heavy (non-hydrogen) atoms. The number of hydrogen-bond acceptors (Lipinski definition) is 6. The van der Waals surface area contributed by atoms with Crippen LogP contribution in [0.5, 0.6) is 5.75 Å². The smallest absolute Gasteiger partial charge is 0.338 e. The fourth-order valence-corrected chi connectivity index (χ4v) is 4.81. The molecule has 0 saturated heterocycles. The first kappa shape index (κ1) is 29.2. The van der Waals surface area contributed by atoms with Crippen LogP contribution >= 0.6 is 11.6 Å². The fraction of sp³-hybridized carbons (Fsp3) is 0.286. The number of amides is 1. The van der Waals surface area contributed by atoms with Crippen LogP contribution in [0.1, 0.15) is 53.0 Å². The van der Waals surface area contributed by atoms with E-state index in [2.05, 4.69) is 5.32 Å². The second-order valence-corrected chi connectivity index (χ2v) is 11.0. The van der Waals surface area contributed by atoms with Crippen LogP contribution < -0.4 is 10.1 Å². The summed E-state index contributed by atoms with van der Waals surface area (Å²) >= 11 is 5.89. The van der Waals surface area contributed by atoms with Gasteiger partial charge in [0.05, 0.1) is 23.7 Å². The zero-order chi connectivity index (χ0) is 27.7. The van der Waals surface area contributed by atoms with E-state index in [0.29, 0.717) is 46.4 Å². The number of ether oxygens (including phenoxy) is 2. The summed E-state index contributed by atoms with van der Waals surface area (Å²) < 4.78 is 38.2. The van der Waals surface area contributed by atoms with Gasteiger partial charge in [-0.3, -0.25) is 4.79 Å². The quantitative estimate of drug-likeness (QED) is 0.224. The van der Waals surface area contributed by atoms with E-state index in [1.165, 1.54) is 35.6 Å². The standard InChI is InChI=1S/C28H31ClN2O6S/c1-4-6-17-37-28(33)20-7-12-24(13-8-20)30-27(32)21-9-16-26(36-5-2)22(18-21)19-31(3)38(34,35)25-14-10-23(29)11-15-25/h7-16,18H,4-6,17,19H2,1-3H3,(H,30,32). The lowest BCUT2D eigenvalue weighted by molar-refractivity contribution is 0.0499. The van der Waals surface area contributed by atoms with Gasteiger partial charge < -0.3 is 14.8 Å². The molecule has 10 heteroatoms. The number of halogens is 1. The molecule has 0 heterocycles. The number of benzene rings is 3. The lowest BCUT2D eigenvalue weighted by atomic mass is 10.1. The Morgan fingerprint density at radius 1 is 0.947 bits per heavy atom. The summed E-state index contributed by atoms with van der Waals surface area (Å²) in [6, 6.07) is 17.2. The van der Waals surface area contributed by atoms with Crippen molar-refractivity contribution in [3.05, 3.63) is 88.4 Å². The van der Waals surface area contributed by atoms with Gasteiger partial charge in [-0.15, -0.1) is 0 Å². The molecule has 3 rings (SSSR count).